The Balaban J connectivity index is 2.56. The highest BCUT2D eigenvalue weighted by Crippen LogP contribution is 2.36. The summed E-state index contributed by atoms with van der Waals surface area (Å²) in [5.74, 6) is -1.01. The van der Waals surface area contributed by atoms with Crippen LogP contribution in [0.2, 0.25) is 0 Å². The minimum atomic E-state index is -0.523. The third kappa shape index (κ3) is 2.71. The summed E-state index contributed by atoms with van der Waals surface area (Å²) in [6.07, 6.45) is 0. The summed E-state index contributed by atoms with van der Waals surface area (Å²) in [4.78, 5) is -0.479. The molecule has 2 rings (SSSR count). The molecular weight excluding hydrogens is 310 g/mol. The fourth-order valence-electron chi connectivity index (χ4n) is 2.18. The highest BCUT2D eigenvalue weighted by molar-refractivity contribution is 9.09. The Morgan fingerprint density at radius 2 is 1.63 bits per heavy atom. The maximum absolute atomic E-state index is 14.1. The van der Waals surface area contributed by atoms with Crippen molar-refractivity contribution >= 4 is 15.9 Å². The van der Waals surface area contributed by atoms with Gasteiger partial charge in [0, 0.05) is 5.56 Å². The molecule has 0 amide bonds. The molecule has 0 saturated heterocycles. The van der Waals surface area contributed by atoms with Crippen LogP contribution in [0.3, 0.4) is 0 Å². The lowest BCUT2D eigenvalue weighted by Gasteiger charge is -2.16. The van der Waals surface area contributed by atoms with Crippen molar-refractivity contribution in [2.24, 2.45) is 0 Å². The lowest BCUT2D eigenvalue weighted by Crippen LogP contribution is -2.04. The summed E-state index contributed by atoms with van der Waals surface area (Å²) >= 11 is 3.43. The zero-order valence-corrected chi connectivity index (χ0v) is 12.7. The van der Waals surface area contributed by atoms with Gasteiger partial charge in [-0.2, -0.15) is 0 Å². The van der Waals surface area contributed by atoms with Crippen molar-refractivity contribution in [3.05, 3.63) is 69.8 Å². The summed E-state index contributed by atoms with van der Waals surface area (Å²) in [5.41, 5.74) is 3.56. The van der Waals surface area contributed by atoms with E-state index in [1.807, 2.05) is 32.0 Å². The smallest absolute Gasteiger partial charge is 0.133 e. The minimum Gasteiger partial charge on any atom is -0.207 e. The third-order valence-corrected chi connectivity index (χ3v) is 4.22. The van der Waals surface area contributed by atoms with Crippen molar-refractivity contribution < 1.29 is 8.78 Å². The van der Waals surface area contributed by atoms with Crippen molar-refractivity contribution in [1.82, 2.24) is 0 Å². The van der Waals surface area contributed by atoms with Crippen molar-refractivity contribution in [3.8, 4) is 0 Å². The van der Waals surface area contributed by atoms with Crippen LogP contribution in [0.15, 0.2) is 30.3 Å². The minimum absolute atomic E-state index is 0.0759. The summed E-state index contributed by atoms with van der Waals surface area (Å²) in [5, 5.41) is 0. The van der Waals surface area contributed by atoms with Gasteiger partial charge < -0.3 is 0 Å². The molecule has 0 aromatic heterocycles. The van der Waals surface area contributed by atoms with E-state index in [4.69, 9.17) is 0 Å². The number of benzene rings is 2. The average Bonchev–Trinajstić information content (AvgIpc) is 2.34. The SMILES string of the molecule is Cc1ccc(C(Br)c2c(F)ccc(C)c2F)c(C)c1. The maximum atomic E-state index is 14.1. The van der Waals surface area contributed by atoms with Gasteiger partial charge in [-0.3, -0.25) is 0 Å². The molecule has 0 N–H and O–H groups in total. The van der Waals surface area contributed by atoms with Crippen LogP contribution < -0.4 is 0 Å². The van der Waals surface area contributed by atoms with Crippen LogP contribution in [0.4, 0.5) is 8.78 Å². The molecule has 3 heteroatoms. The van der Waals surface area contributed by atoms with E-state index in [9.17, 15) is 8.78 Å². The molecule has 0 spiro atoms. The second-order valence-electron chi connectivity index (χ2n) is 4.81. The van der Waals surface area contributed by atoms with Crippen molar-refractivity contribution in [2.45, 2.75) is 25.6 Å². The van der Waals surface area contributed by atoms with Crippen LogP contribution in [0.1, 0.15) is 32.6 Å². The number of aryl methyl sites for hydroxylation is 3. The van der Waals surface area contributed by atoms with Gasteiger partial charge in [0.25, 0.3) is 0 Å². The molecule has 0 radical (unpaired) electrons. The van der Waals surface area contributed by atoms with Gasteiger partial charge in [-0.15, -0.1) is 0 Å². The summed E-state index contributed by atoms with van der Waals surface area (Å²) in [7, 11) is 0. The number of hydrogen-bond acceptors (Lipinski definition) is 0. The van der Waals surface area contributed by atoms with E-state index in [-0.39, 0.29) is 5.56 Å². The standard InChI is InChI=1S/C16H15BrF2/c1-9-4-6-12(11(3)8-9)15(17)14-13(18)7-5-10(2)16(14)19/h4-8,15H,1-3H3. The zero-order chi connectivity index (χ0) is 14.2. The molecule has 0 bridgehead atoms. The molecule has 100 valence electrons. The van der Waals surface area contributed by atoms with Crippen LogP contribution in [0.5, 0.6) is 0 Å². The fraction of sp³-hybridized carbons (Fsp3) is 0.250. The third-order valence-electron chi connectivity index (χ3n) is 3.27. The number of rotatable bonds is 2. The van der Waals surface area contributed by atoms with Gasteiger partial charge in [0.15, 0.2) is 0 Å². The van der Waals surface area contributed by atoms with E-state index in [0.29, 0.717) is 5.56 Å². The quantitative estimate of drug-likeness (QED) is 0.651. The Bertz CT molecular complexity index is 620. The van der Waals surface area contributed by atoms with Gasteiger partial charge in [0.2, 0.25) is 0 Å². The molecular formula is C16H15BrF2. The Kier molecular flexibility index (Phi) is 4.04. The summed E-state index contributed by atoms with van der Waals surface area (Å²) in [6.45, 7) is 5.58. The highest BCUT2D eigenvalue weighted by atomic mass is 79.9. The lowest BCUT2D eigenvalue weighted by molar-refractivity contribution is 0.555. The second-order valence-corrected chi connectivity index (χ2v) is 5.73. The first kappa shape index (κ1) is 14.2. The first-order valence-electron chi connectivity index (χ1n) is 6.07. The number of alkyl halides is 1. The van der Waals surface area contributed by atoms with Crippen LogP contribution >= 0.6 is 15.9 Å². The molecule has 0 aliphatic carbocycles. The molecule has 0 aliphatic heterocycles. The Morgan fingerprint density at radius 1 is 0.947 bits per heavy atom. The topological polar surface area (TPSA) is 0 Å². The van der Waals surface area contributed by atoms with E-state index >= 15 is 0 Å². The first-order valence-corrected chi connectivity index (χ1v) is 6.99. The van der Waals surface area contributed by atoms with Crippen LogP contribution in [0, 0.1) is 32.4 Å². The zero-order valence-electron chi connectivity index (χ0n) is 11.1. The predicted molar refractivity (Wildman–Crippen MR) is 77.8 cm³/mol. The highest BCUT2D eigenvalue weighted by Gasteiger charge is 2.22. The second kappa shape index (κ2) is 5.41. The van der Waals surface area contributed by atoms with Gasteiger partial charge in [-0.05, 0) is 43.5 Å². The normalized spacial score (nSPS) is 12.5. The van der Waals surface area contributed by atoms with E-state index in [1.165, 1.54) is 12.1 Å². The molecule has 0 heterocycles. The van der Waals surface area contributed by atoms with Gasteiger partial charge in [-0.1, -0.05) is 45.8 Å². The molecule has 0 nitrogen and oxygen atoms in total. The molecule has 0 aliphatic rings. The monoisotopic (exact) mass is 324 g/mol. The lowest BCUT2D eigenvalue weighted by atomic mass is 9.97. The van der Waals surface area contributed by atoms with Gasteiger partial charge in [0.05, 0.1) is 4.83 Å². The summed E-state index contributed by atoms with van der Waals surface area (Å²) < 4.78 is 28.0. The molecule has 19 heavy (non-hydrogen) atoms. The van der Waals surface area contributed by atoms with E-state index < -0.39 is 16.5 Å². The van der Waals surface area contributed by atoms with E-state index in [0.717, 1.165) is 16.7 Å². The van der Waals surface area contributed by atoms with Crippen LogP contribution in [-0.2, 0) is 0 Å². The van der Waals surface area contributed by atoms with Gasteiger partial charge in [0.1, 0.15) is 11.6 Å². The van der Waals surface area contributed by atoms with Gasteiger partial charge >= 0.3 is 0 Å². The molecule has 1 atom stereocenters. The molecule has 2 aromatic carbocycles. The largest absolute Gasteiger partial charge is 0.207 e. The van der Waals surface area contributed by atoms with E-state index in [2.05, 4.69) is 15.9 Å². The Morgan fingerprint density at radius 3 is 2.26 bits per heavy atom. The van der Waals surface area contributed by atoms with Crippen molar-refractivity contribution in [1.29, 1.82) is 0 Å². The Hall–Kier alpha value is -1.22. The molecule has 1 unspecified atom stereocenters. The van der Waals surface area contributed by atoms with Gasteiger partial charge in [-0.25, -0.2) is 8.78 Å². The maximum Gasteiger partial charge on any atom is 0.133 e. The van der Waals surface area contributed by atoms with E-state index in [1.54, 1.807) is 6.92 Å². The number of hydrogen-bond donors (Lipinski definition) is 0. The van der Waals surface area contributed by atoms with Crippen LogP contribution in [-0.4, -0.2) is 0 Å². The number of halogens is 3. The van der Waals surface area contributed by atoms with Crippen molar-refractivity contribution in [3.63, 3.8) is 0 Å². The molecule has 2 aromatic rings. The molecule has 0 saturated carbocycles. The van der Waals surface area contributed by atoms with Crippen LogP contribution in [0.25, 0.3) is 0 Å². The Labute approximate surface area is 120 Å². The average molecular weight is 325 g/mol. The molecule has 0 fully saturated rings. The predicted octanol–water partition coefficient (Wildman–Crippen LogP) is 5.37. The first-order chi connectivity index (χ1) is 8.91. The van der Waals surface area contributed by atoms with Crippen molar-refractivity contribution in [2.75, 3.05) is 0 Å². The summed E-state index contributed by atoms with van der Waals surface area (Å²) in [6, 6.07) is 8.63. The fourth-order valence-corrected chi connectivity index (χ4v) is 3.11.